The number of piperidine rings is 1. The fourth-order valence-corrected chi connectivity index (χ4v) is 6.06. The van der Waals surface area contributed by atoms with Crippen LogP contribution in [0.15, 0.2) is 42.6 Å². The number of carbonyl (C=O) groups is 1. The Bertz CT molecular complexity index is 992. The van der Waals surface area contributed by atoms with Gasteiger partial charge in [-0.05, 0) is 82.3 Å². The maximum atomic E-state index is 13.6. The fourth-order valence-electron chi connectivity index (χ4n) is 6.06. The van der Waals surface area contributed by atoms with Gasteiger partial charge in [0.1, 0.15) is 0 Å². The highest BCUT2D eigenvalue weighted by atomic mass is 16.5. The molecule has 6 heteroatoms. The van der Waals surface area contributed by atoms with E-state index in [1.165, 1.54) is 11.3 Å². The smallest absolute Gasteiger partial charge is 0.230 e. The van der Waals surface area contributed by atoms with Crippen molar-refractivity contribution in [3.05, 3.63) is 53.9 Å². The molecule has 0 bridgehead atoms. The third-order valence-corrected chi connectivity index (χ3v) is 8.45. The van der Waals surface area contributed by atoms with Crippen LogP contribution in [0.5, 0.6) is 0 Å². The van der Waals surface area contributed by atoms with E-state index in [0.717, 1.165) is 69.9 Å². The summed E-state index contributed by atoms with van der Waals surface area (Å²) in [6.07, 6.45) is 6.72. The summed E-state index contributed by atoms with van der Waals surface area (Å²) >= 11 is 0. The summed E-state index contributed by atoms with van der Waals surface area (Å²) in [5.74, 6) is 0.798. The number of pyridine rings is 1. The summed E-state index contributed by atoms with van der Waals surface area (Å²) in [6, 6.07) is 13.9. The molecule has 6 nitrogen and oxygen atoms in total. The minimum absolute atomic E-state index is 0.0186. The van der Waals surface area contributed by atoms with Gasteiger partial charge in [0.15, 0.2) is 0 Å². The highest BCUT2D eigenvalue weighted by molar-refractivity contribution is 5.96. The van der Waals surface area contributed by atoms with Crippen LogP contribution in [0.2, 0.25) is 0 Å². The number of likely N-dealkylation sites (N-methyl/N-ethyl adjacent to an activating group) is 1. The SMILES string of the molecule is CC1CN(c2cccnc2C[C@@H]2CCCN(c3ccc(C4CCOCC4)cc3)C2=O)CC(C)N1C. The summed E-state index contributed by atoms with van der Waals surface area (Å²) < 4.78 is 5.51. The van der Waals surface area contributed by atoms with Gasteiger partial charge in [0.25, 0.3) is 0 Å². The van der Waals surface area contributed by atoms with E-state index in [1.54, 1.807) is 0 Å². The number of amides is 1. The topological polar surface area (TPSA) is 48.9 Å². The molecule has 4 heterocycles. The first kappa shape index (κ1) is 24.3. The Balaban J connectivity index is 1.29. The number of anilines is 2. The fraction of sp³-hybridized carbons (Fsp3) is 0.586. The third-order valence-electron chi connectivity index (χ3n) is 8.45. The molecule has 2 unspecified atom stereocenters. The highest BCUT2D eigenvalue weighted by Crippen LogP contribution is 2.32. The zero-order chi connectivity index (χ0) is 24.4. The summed E-state index contributed by atoms with van der Waals surface area (Å²) in [4.78, 5) is 25.3. The second kappa shape index (κ2) is 10.7. The molecule has 3 fully saturated rings. The number of hydrogen-bond acceptors (Lipinski definition) is 5. The normalized spacial score (nSPS) is 26.8. The molecule has 1 aromatic heterocycles. The molecule has 0 aliphatic carbocycles. The molecule has 3 aliphatic heterocycles. The number of piperazine rings is 1. The maximum Gasteiger partial charge on any atom is 0.230 e. The largest absolute Gasteiger partial charge is 0.381 e. The van der Waals surface area contributed by atoms with E-state index in [-0.39, 0.29) is 11.8 Å². The van der Waals surface area contributed by atoms with Crippen LogP contribution in [-0.4, -0.2) is 67.8 Å². The van der Waals surface area contributed by atoms with E-state index in [9.17, 15) is 4.79 Å². The molecular weight excluding hydrogens is 436 g/mol. The lowest BCUT2D eigenvalue weighted by Gasteiger charge is -2.44. The summed E-state index contributed by atoms with van der Waals surface area (Å²) in [5.41, 5.74) is 4.65. The van der Waals surface area contributed by atoms with Crippen molar-refractivity contribution >= 4 is 17.3 Å². The zero-order valence-electron chi connectivity index (χ0n) is 21.5. The summed E-state index contributed by atoms with van der Waals surface area (Å²) in [6.45, 7) is 9.05. The van der Waals surface area contributed by atoms with Gasteiger partial charge in [0, 0.05) is 69.2 Å². The van der Waals surface area contributed by atoms with Crippen molar-refractivity contribution in [2.24, 2.45) is 5.92 Å². The Labute approximate surface area is 210 Å². The Morgan fingerprint density at radius 1 is 1.00 bits per heavy atom. The predicted molar refractivity (Wildman–Crippen MR) is 141 cm³/mol. The Morgan fingerprint density at radius 3 is 2.43 bits per heavy atom. The van der Waals surface area contributed by atoms with Crippen LogP contribution in [-0.2, 0) is 16.0 Å². The molecule has 1 amide bonds. The van der Waals surface area contributed by atoms with Gasteiger partial charge in [-0.15, -0.1) is 0 Å². The van der Waals surface area contributed by atoms with Crippen molar-refractivity contribution < 1.29 is 9.53 Å². The van der Waals surface area contributed by atoms with Crippen molar-refractivity contribution in [1.29, 1.82) is 0 Å². The first-order valence-electron chi connectivity index (χ1n) is 13.4. The van der Waals surface area contributed by atoms with Crippen molar-refractivity contribution in [1.82, 2.24) is 9.88 Å². The van der Waals surface area contributed by atoms with E-state index < -0.39 is 0 Å². The maximum absolute atomic E-state index is 13.6. The van der Waals surface area contributed by atoms with E-state index in [1.807, 2.05) is 17.2 Å². The van der Waals surface area contributed by atoms with Crippen molar-refractivity contribution in [2.45, 2.75) is 64.0 Å². The van der Waals surface area contributed by atoms with Gasteiger partial charge in [-0.2, -0.15) is 0 Å². The third kappa shape index (κ3) is 5.24. The van der Waals surface area contributed by atoms with Gasteiger partial charge in [0.2, 0.25) is 5.91 Å². The molecule has 35 heavy (non-hydrogen) atoms. The Hall–Kier alpha value is -2.44. The molecule has 188 valence electrons. The second-order valence-electron chi connectivity index (χ2n) is 10.7. The molecule has 3 saturated heterocycles. The van der Waals surface area contributed by atoms with Crippen LogP contribution in [0.4, 0.5) is 11.4 Å². The number of ether oxygens (including phenoxy) is 1. The molecule has 0 saturated carbocycles. The lowest BCUT2D eigenvalue weighted by atomic mass is 9.90. The molecule has 3 atom stereocenters. The average Bonchev–Trinajstić information content (AvgIpc) is 2.89. The lowest BCUT2D eigenvalue weighted by molar-refractivity contribution is -0.123. The van der Waals surface area contributed by atoms with Crippen LogP contribution in [0, 0.1) is 5.92 Å². The van der Waals surface area contributed by atoms with Crippen LogP contribution < -0.4 is 9.80 Å². The van der Waals surface area contributed by atoms with Crippen molar-refractivity contribution in [3.8, 4) is 0 Å². The Morgan fingerprint density at radius 2 is 1.71 bits per heavy atom. The number of hydrogen-bond donors (Lipinski definition) is 0. The first-order chi connectivity index (χ1) is 17.0. The van der Waals surface area contributed by atoms with Gasteiger partial charge in [0.05, 0.1) is 11.4 Å². The number of benzene rings is 1. The quantitative estimate of drug-likeness (QED) is 0.636. The summed E-state index contributed by atoms with van der Waals surface area (Å²) in [7, 11) is 2.21. The molecule has 0 N–H and O–H groups in total. The van der Waals surface area contributed by atoms with Crippen LogP contribution in [0.1, 0.15) is 56.7 Å². The van der Waals surface area contributed by atoms with Crippen LogP contribution in [0.3, 0.4) is 0 Å². The second-order valence-corrected chi connectivity index (χ2v) is 10.7. The zero-order valence-corrected chi connectivity index (χ0v) is 21.5. The number of aromatic nitrogens is 1. The van der Waals surface area contributed by atoms with Crippen LogP contribution in [0.25, 0.3) is 0 Å². The lowest BCUT2D eigenvalue weighted by Crippen LogP contribution is -2.55. The monoisotopic (exact) mass is 476 g/mol. The van der Waals surface area contributed by atoms with Gasteiger partial charge >= 0.3 is 0 Å². The van der Waals surface area contributed by atoms with E-state index >= 15 is 0 Å². The van der Waals surface area contributed by atoms with Gasteiger partial charge in [-0.3, -0.25) is 14.7 Å². The van der Waals surface area contributed by atoms with Crippen molar-refractivity contribution in [3.63, 3.8) is 0 Å². The number of carbonyl (C=O) groups excluding carboxylic acids is 1. The minimum atomic E-state index is -0.0186. The van der Waals surface area contributed by atoms with Crippen LogP contribution >= 0.6 is 0 Å². The van der Waals surface area contributed by atoms with Gasteiger partial charge in [-0.1, -0.05) is 12.1 Å². The van der Waals surface area contributed by atoms with Gasteiger partial charge < -0.3 is 14.5 Å². The summed E-state index contributed by atoms with van der Waals surface area (Å²) in [5, 5.41) is 0. The molecule has 2 aromatic rings. The number of rotatable bonds is 5. The molecular formula is C29H40N4O2. The Kier molecular flexibility index (Phi) is 7.40. The van der Waals surface area contributed by atoms with Gasteiger partial charge in [-0.25, -0.2) is 0 Å². The molecule has 3 aliphatic rings. The van der Waals surface area contributed by atoms with E-state index in [4.69, 9.17) is 9.72 Å². The molecule has 0 spiro atoms. The minimum Gasteiger partial charge on any atom is -0.381 e. The van der Waals surface area contributed by atoms with Crippen molar-refractivity contribution in [2.75, 3.05) is 49.7 Å². The molecule has 1 aromatic carbocycles. The van der Waals surface area contributed by atoms with E-state index in [2.05, 4.69) is 61.0 Å². The van der Waals surface area contributed by atoms with E-state index in [0.29, 0.717) is 24.4 Å². The standard InChI is InChI=1S/C29H40N4O2/c1-21-19-32(20-22(2)31(21)3)28-7-4-14-30-27(28)18-25-6-5-15-33(29(25)34)26-10-8-23(9-11-26)24-12-16-35-17-13-24/h4,7-11,14,21-22,24-25H,5-6,12-13,15-20H2,1-3H3/t21?,22?,25-/m0/s1. The molecule has 5 rings (SSSR count). The predicted octanol–water partition coefficient (Wildman–Crippen LogP) is 4.49. The average molecular weight is 477 g/mol. The number of nitrogens with zero attached hydrogens (tertiary/aromatic N) is 4. The highest BCUT2D eigenvalue weighted by Gasteiger charge is 2.33. The first-order valence-corrected chi connectivity index (χ1v) is 13.4. The molecule has 0 radical (unpaired) electrons.